The van der Waals surface area contributed by atoms with Crippen molar-refractivity contribution in [2.45, 2.75) is 6.92 Å². The third-order valence-corrected chi connectivity index (χ3v) is 2.58. The second-order valence-electron chi connectivity index (χ2n) is 3.74. The Hall–Kier alpha value is -1.55. The van der Waals surface area contributed by atoms with Crippen LogP contribution in [0.15, 0.2) is 18.2 Å². The fourth-order valence-corrected chi connectivity index (χ4v) is 1.42. The summed E-state index contributed by atoms with van der Waals surface area (Å²) < 4.78 is 4.93. The van der Waals surface area contributed by atoms with Gasteiger partial charge in [-0.15, -0.1) is 0 Å². The molecule has 1 amide bonds. The van der Waals surface area contributed by atoms with Crippen molar-refractivity contribution in [1.82, 2.24) is 4.90 Å². The molecule has 0 spiro atoms. The molecule has 0 aliphatic rings. The van der Waals surface area contributed by atoms with Crippen LogP contribution in [0, 0.1) is 6.92 Å². The zero-order chi connectivity index (χ0) is 12.1. The standard InChI is InChI=1S/C12H18N2O2/c1-9-10(5-4-6-11(9)13)12(15)14(2)7-8-16-3/h4-6H,7-8,13H2,1-3H3. The van der Waals surface area contributed by atoms with Crippen LogP contribution in [0.25, 0.3) is 0 Å². The molecule has 0 aliphatic heterocycles. The van der Waals surface area contributed by atoms with E-state index in [-0.39, 0.29) is 5.91 Å². The molecule has 0 aliphatic carbocycles. The molecule has 1 aromatic carbocycles. The van der Waals surface area contributed by atoms with Crippen molar-refractivity contribution in [3.05, 3.63) is 29.3 Å². The molecule has 0 heterocycles. The third kappa shape index (κ3) is 2.73. The molecule has 0 saturated carbocycles. The third-order valence-electron chi connectivity index (χ3n) is 2.58. The molecule has 0 bridgehead atoms. The molecule has 1 aromatic rings. The molecule has 2 N–H and O–H groups in total. The molecule has 4 nitrogen and oxygen atoms in total. The largest absolute Gasteiger partial charge is 0.398 e. The summed E-state index contributed by atoms with van der Waals surface area (Å²) in [5.74, 6) is -0.0261. The van der Waals surface area contributed by atoms with E-state index in [1.54, 1.807) is 37.3 Å². The molecule has 88 valence electrons. The van der Waals surface area contributed by atoms with Crippen molar-refractivity contribution in [3.8, 4) is 0 Å². The minimum absolute atomic E-state index is 0.0261. The maximum absolute atomic E-state index is 12.0. The number of carbonyl (C=O) groups excluding carboxylic acids is 1. The number of amides is 1. The maximum atomic E-state index is 12.0. The molecule has 16 heavy (non-hydrogen) atoms. The summed E-state index contributed by atoms with van der Waals surface area (Å²) in [6.45, 7) is 2.96. The van der Waals surface area contributed by atoms with Crippen LogP contribution in [-0.4, -0.2) is 38.1 Å². The number of methoxy groups -OCH3 is 1. The number of nitrogens with two attached hydrogens (primary N) is 1. The lowest BCUT2D eigenvalue weighted by atomic mass is 10.1. The lowest BCUT2D eigenvalue weighted by Gasteiger charge is -2.18. The lowest BCUT2D eigenvalue weighted by molar-refractivity contribution is 0.0743. The van der Waals surface area contributed by atoms with E-state index >= 15 is 0 Å². The van der Waals surface area contributed by atoms with Gasteiger partial charge >= 0.3 is 0 Å². The zero-order valence-electron chi connectivity index (χ0n) is 9.99. The molecule has 0 fully saturated rings. The minimum atomic E-state index is -0.0261. The summed E-state index contributed by atoms with van der Waals surface area (Å²) in [5, 5.41) is 0. The van der Waals surface area contributed by atoms with E-state index in [2.05, 4.69) is 0 Å². The van der Waals surface area contributed by atoms with E-state index in [1.807, 2.05) is 6.92 Å². The predicted octanol–water partition coefficient (Wildman–Crippen LogP) is 1.30. The molecule has 0 atom stereocenters. The first-order chi connectivity index (χ1) is 7.57. The first-order valence-corrected chi connectivity index (χ1v) is 5.17. The highest BCUT2D eigenvalue weighted by molar-refractivity contribution is 5.96. The summed E-state index contributed by atoms with van der Waals surface area (Å²) in [6, 6.07) is 5.37. The van der Waals surface area contributed by atoms with Gasteiger partial charge in [-0.3, -0.25) is 4.79 Å². The van der Waals surface area contributed by atoms with E-state index in [4.69, 9.17) is 10.5 Å². The van der Waals surface area contributed by atoms with E-state index in [1.165, 1.54) is 0 Å². The molecule has 0 radical (unpaired) electrons. The lowest BCUT2D eigenvalue weighted by Crippen LogP contribution is -2.30. The summed E-state index contributed by atoms with van der Waals surface area (Å²) >= 11 is 0. The Morgan fingerprint density at radius 1 is 1.50 bits per heavy atom. The van der Waals surface area contributed by atoms with E-state index in [0.717, 1.165) is 5.56 Å². The summed E-state index contributed by atoms with van der Waals surface area (Å²) in [7, 11) is 3.37. The Bertz CT molecular complexity index is 377. The number of likely N-dealkylation sites (N-methyl/N-ethyl adjacent to an activating group) is 1. The number of benzene rings is 1. The van der Waals surface area contributed by atoms with Crippen LogP contribution in [0.5, 0.6) is 0 Å². The average Bonchev–Trinajstić information content (AvgIpc) is 2.28. The van der Waals surface area contributed by atoms with Crippen molar-refractivity contribution in [3.63, 3.8) is 0 Å². The number of nitrogens with zero attached hydrogens (tertiary/aromatic N) is 1. The van der Waals surface area contributed by atoms with Gasteiger partial charge < -0.3 is 15.4 Å². The highest BCUT2D eigenvalue weighted by Crippen LogP contribution is 2.16. The van der Waals surface area contributed by atoms with E-state index in [9.17, 15) is 4.79 Å². The van der Waals surface area contributed by atoms with Gasteiger partial charge in [-0.2, -0.15) is 0 Å². The van der Waals surface area contributed by atoms with Crippen LogP contribution >= 0.6 is 0 Å². The Morgan fingerprint density at radius 2 is 2.19 bits per heavy atom. The second kappa shape index (κ2) is 5.51. The van der Waals surface area contributed by atoms with Gasteiger partial charge in [-0.25, -0.2) is 0 Å². The van der Waals surface area contributed by atoms with Gasteiger partial charge in [0, 0.05) is 32.0 Å². The fraction of sp³-hybridized carbons (Fsp3) is 0.417. The number of hydrogen-bond donors (Lipinski definition) is 1. The Balaban J connectivity index is 2.84. The van der Waals surface area contributed by atoms with Gasteiger partial charge in [0.15, 0.2) is 0 Å². The normalized spacial score (nSPS) is 10.2. The minimum Gasteiger partial charge on any atom is -0.398 e. The number of hydrogen-bond acceptors (Lipinski definition) is 3. The van der Waals surface area contributed by atoms with Gasteiger partial charge in [0.25, 0.3) is 5.91 Å². The zero-order valence-corrected chi connectivity index (χ0v) is 9.99. The molecular formula is C12H18N2O2. The first kappa shape index (κ1) is 12.5. The highest BCUT2D eigenvalue weighted by Gasteiger charge is 2.14. The van der Waals surface area contributed by atoms with Crippen molar-refractivity contribution in [2.75, 3.05) is 33.0 Å². The monoisotopic (exact) mass is 222 g/mol. The second-order valence-corrected chi connectivity index (χ2v) is 3.74. The van der Waals surface area contributed by atoms with E-state index < -0.39 is 0 Å². The van der Waals surface area contributed by atoms with Crippen molar-refractivity contribution in [2.24, 2.45) is 0 Å². The summed E-state index contributed by atoms with van der Waals surface area (Å²) in [5.41, 5.74) is 7.89. The van der Waals surface area contributed by atoms with Crippen molar-refractivity contribution in [1.29, 1.82) is 0 Å². The maximum Gasteiger partial charge on any atom is 0.254 e. The number of anilines is 1. The molecule has 0 saturated heterocycles. The summed E-state index contributed by atoms with van der Waals surface area (Å²) in [4.78, 5) is 13.7. The number of carbonyl (C=O) groups is 1. The molecule has 1 rings (SSSR count). The Morgan fingerprint density at radius 3 is 2.81 bits per heavy atom. The first-order valence-electron chi connectivity index (χ1n) is 5.17. The van der Waals surface area contributed by atoms with Gasteiger partial charge in [0.05, 0.1) is 6.61 Å². The van der Waals surface area contributed by atoms with Crippen LogP contribution in [0.3, 0.4) is 0 Å². The number of ether oxygens (including phenoxy) is 1. The highest BCUT2D eigenvalue weighted by atomic mass is 16.5. The average molecular weight is 222 g/mol. The summed E-state index contributed by atoms with van der Waals surface area (Å²) in [6.07, 6.45) is 0. The van der Waals surface area contributed by atoms with E-state index in [0.29, 0.717) is 24.4 Å². The predicted molar refractivity (Wildman–Crippen MR) is 64.4 cm³/mol. The SMILES string of the molecule is COCCN(C)C(=O)c1cccc(N)c1C. The smallest absolute Gasteiger partial charge is 0.254 e. The van der Waals surface area contributed by atoms with Gasteiger partial charge in [-0.05, 0) is 24.6 Å². The molecular weight excluding hydrogens is 204 g/mol. The molecule has 0 unspecified atom stereocenters. The quantitative estimate of drug-likeness (QED) is 0.781. The van der Waals surface area contributed by atoms with Crippen LogP contribution in [-0.2, 0) is 4.74 Å². The number of rotatable bonds is 4. The Kier molecular flexibility index (Phi) is 4.31. The van der Waals surface area contributed by atoms with Gasteiger partial charge in [0.2, 0.25) is 0 Å². The Labute approximate surface area is 96.0 Å². The van der Waals surface area contributed by atoms with Crippen molar-refractivity contribution >= 4 is 11.6 Å². The van der Waals surface area contributed by atoms with Crippen molar-refractivity contribution < 1.29 is 9.53 Å². The van der Waals surface area contributed by atoms with Crippen LogP contribution in [0.4, 0.5) is 5.69 Å². The van der Waals surface area contributed by atoms with Crippen LogP contribution in [0.1, 0.15) is 15.9 Å². The molecule has 4 heteroatoms. The van der Waals surface area contributed by atoms with Gasteiger partial charge in [0.1, 0.15) is 0 Å². The van der Waals surface area contributed by atoms with Crippen LogP contribution < -0.4 is 5.73 Å². The topological polar surface area (TPSA) is 55.6 Å². The number of nitrogen functional groups attached to an aromatic ring is 1. The molecule has 0 aromatic heterocycles. The van der Waals surface area contributed by atoms with Crippen LogP contribution in [0.2, 0.25) is 0 Å². The fourth-order valence-electron chi connectivity index (χ4n) is 1.42. The van der Waals surface area contributed by atoms with Gasteiger partial charge in [-0.1, -0.05) is 6.07 Å².